The zero-order chi connectivity index (χ0) is 15.7. The van der Waals surface area contributed by atoms with Crippen molar-refractivity contribution in [2.45, 2.75) is 37.8 Å². The summed E-state index contributed by atoms with van der Waals surface area (Å²) in [5.41, 5.74) is 15.5. The first-order valence-electron chi connectivity index (χ1n) is 5.67. The van der Waals surface area contributed by atoms with Gasteiger partial charge in [0.15, 0.2) is 0 Å². The Morgan fingerprint density at radius 1 is 0.900 bits per heavy atom. The highest BCUT2D eigenvalue weighted by molar-refractivity contribution is 5.80. The SMILES string of the molecule is NC(=O)CCC(N)C(=O)OOC(=O)C(N)CCC(=O)O. The lowest BCUT2D eigenvalue weighted by Crippen LogP contribution is -2.37. The highest BCUT2D eigenvalue weighted by Crippen LogP contribution is 2.01. The zero-order valence-corrected chi connectivity index (χ0v) is 10.6. The molecule has 1 amide bonds. The Labute approximate surface area is 114 Å². The topological polar surface area (TPSA) is 185 Å². The molecule has 0 aliphatic rings. The van der Waals surface area contributed by atoms with Crippen LogP contribution < -0.4 is 17.2 Å². The van der Waals surface area contributed by atoms with Crippen LogP contribution in [-0.4, -0.2) is 41.0 Å². The molecule has 114 valence electrons. The van der Waals surface area contributed by atoms with Crippen molar-refractivity contribution in [3.05, 3.63) is 0 Å². The summed E-state index contributed by atoms with van der Waals surface area (Å²) >= 11 is 0. The van der Waals surface area contributed by atoms with E-state index in [-0.39, 0.29) is 25.7 Å². The van der Waals surface area contributed by atoms with Gasteiger partial charge in [-0.15, -0.1) is 0 Å². The smallest absolute Gasteiger partial charge is 0.372 e. The fraction of sp³-hybridized carbons (Fsp3) is 0.600. The molecule has 0 rings (SSSR count). The second-order valence-corrected chi connectivity index (χ2v) is 3.96. The van der Waals surface area contributed by atoms with Crippen LogP contribution in [0.2, 0.25) is 0 Å². The number of hydrogen-bond donors (Lipinski definition) is 4. The quantitative estimate of drug-likeness (QED) is 0.283. The summed E-state index contributed by atoms with van der Waals surface area (Å²) in [4.78, 5) is 51.4. The van der Waals surface area contributed by atoms with Gasteiger partial charge in [0.2, 0.25) is 5.91 Å². The van der Waals surface area contributed by atoms with E-state index in [9.17, 15) is 19.2 Å². The predicted octanol–water partition coefficient (Wildman–Crippen LogP) is -2.23. The fourth-order valence-corrected chi connectivity index (χ4v) is 1.02. The number of primary amides is 1. The molecule has 0 aromatic heterocycles. The Bertz CT molecular complexity index is 349. The summed E-state index contributed by atoms with van der Waals surface area (Å²) in [6.07, 6.45) is -0.680. The van der Waals surface area contributed by atoms with Crippen molar-refractivity contribution >= 4 is 23.8 Å². The molecule has 0 bridgehead atoms. The summed E-state index contributed by atoms with van der Waals surface area (Å²) in [6.45, 7) is 0. The molecule has 0 saturated heterocycles. The number of carboxylic acids is 1. The number of carboxylic acid groups (broad SMARTS) is 1. The van der Waals surface area contributed by atoms with Crippen LogP contribution >= 0.6 is 0 Å². The van der Waals surface area contributed by atoms with E-state index in [0.29, 0.717) is 0 Å². The lowest BCUT2D eigenvalue weighted by atomic mass is 10.2. The molecule has 2 unspecified atom stereocenters. The third kappa shape index (κ3) is 8.00. The van der Waals surface area contributed by atoms with Crippen molar-refractivity contribution in [1.82, 2.24) is 0 Å². The van der Waals surface area contributed by atoms with Crippen LogP contribution in [0.1, 0.15) is 25.7 Å². The van der Waals surface area contributed by atoms with Gasteiger partial charge in [0.25, 0.3) is 0 Å². The molecule has 0 saturated carbocycles. The van der Waals surface area contributed by atoms with Gasteiger partial charge in [-0.2, -0.15) is 0 Å². The van der Waals surface area contributed by atoms with Crippen molar-refractivity contribution in [3.8, 4) is 0 Å². The van der Waals surface area contributed by atoms with Crippen LogP contribution in [0, 0.1) is 0 Å². The van der Waals surface area contributed by atoms with Gasteiger partial charge in [-0.1, -0.05) is 0 Å². The molecule has 0 aromatic rings. The molecule has 10 nitrogen and oxygen atoms in total. The van der Waals surface area contributed by atoms with Gasteiger partial charge in [-0.3, -0.25) is 9.59 Å². The fourth-order valence-electron chi connectivity index (χ4n) is 1.02. The Hall–Kier alpha value is -2.20. The van der Waals surface area contributed by atoms with Crippen molar-refractivity contribution in [2.24, 2.45) is 17.2 Å². The Morgan fingerprint density at radius 2 is 1.30 bits per heavy atom. The van der Waals surface area contributed by atoms with Crippen molar-refractivity contribution in [1.29, 1.82) is 0 Å². The van der Waals surface area contributed by atoms with E-state index in [1.165, 1.54) is 0 Å². The van der Waals surface area contributed by atoms with E-state index in [2.05, 4.69) is 9.78 Å². The van der Waals surface area contributed by atoms with E-state index in [4.69, 9.17) is 22.3 Å². The molecule has 10 heteroatoms. The zero-order valence-electron chi connectivity index (χ0n) is 10.6. The number of amides is 1. The second-order valence-electron chi connectivity index (χ2n) is 3.96. The van der Waals surface area contributed by atoms with E-state index in [1.54, 1.807) is 0 Å². The number of nitrogens with two attached hydrogens (primary N) is 3. The third-order valence-electron chi connectivity index (χ3n) is 2.18. The normalized spacial score (nSPS) is 13.1. The van der Waals surface area contributed by atoms with Crippen LogP contribution in [0.3, 0.4) is 0 Å². The van der Waals surface area contributed by atoms with Gasteiger partial charge in [-0.25, -0.2) is 19.4 Å². The van der Waals surface area contributed by atoms with Crippen molar-refractivity contribution in [3.63, 3.8) is 0 Å². The van der Waals surface area contributed by atoms with E-state index in [0.717, 1.165) is 0 Å². The van der Waals surface area contributed by atoms with Gasteiger partial charge in [0.1, 0.15) is 12.1 Å². The second kappa shape index (κ2) is 8.82. The highest BCUT2D eigenvalue weighted by atomic mass is 17.2. The molecule has 0 aliphatic heterocycles. The first-order chi connectivity index (χ1) is 9.23. The van der Waals surface area contributed by atoms with Gasteiger partial charge < -0.3 is 22.3 Å². The number of rotatable bonds is 8. The lowest BCUT2D eigenvalue weighted by molar-refractivity contribution is -0.261. The summed E-state index contributed by atoms with van der Waals surface area (Å²) in [6, 6.07) is -2.41. The van der Waals surface area contributed by atoms with E-state index in [1.807, 2.05) is 0 Å². The van der Waals surface area contributed by atoms with Crippen molar-refractivity contribution in [2.75, 3.05) is 0 Å². The average molecular weight is 291 g/mol. The van der Waals surface area contributed by atoms with Gasteiger partial charge in [0, 0.05) is 12.8 Å². The molecule has 2 atom stereocenters. The van der Waals surface area contributed by atoms with Gasteiger partial charge >= 0.3 is 17.9 Å². The minimum Gasteiger partial charge on any atom is -0.481 e. The van der Waals surface area contributed by atoms with Crippen molar-refractivity contribution < 1.29 is 34.1 Å². The van der Waals surface area contributed by atoms with Crippen LogP contribution in [0.25, 0.3) is 0 Å². The number of carbonyl (C=O) groups excluding carboxylic acids is 3. The van der Waals surface area contributed by atoms with Crippen LogP contribution in [0.15, 0.2) is 0 Å². The van der Waals surface area contributed by atoms with Crippen LogP contribution in [0.4, 0.5) is 0 Å². The summed E-state index contributed by atoms with van der Waals surface area (Å²) in [5.74, 6) is -3.92. The lowest BCUT2D eigenvalue weighted by Gasteiger charge is -2.11. The molecular weight excluding hydrogens is 274 g/mol. The predicted molar refractivity (Wildman–Crippen MR) is 63.4 cm³/mol. The first-order valence-corrected chi connectivity index (χ1v) is 5.67. The van der Waals surface area contributed by atoms with Gasteiger partial charge in [-0.05, 0) is 12.8 Å². The molecule has 0 aromatic carbocycles. The maximum atomic E-state index is 11.2. The van der Waals surface area contributed by atoms with Crippen LogP contribution in [-0.2, 0) is 29.0 Å². The molecule has 0 heterocycles. The minimum absolute atomic E-state index is 0.0587. The highest BCUT2D eigenvalue weighted by Gasteiger charge is 2.22. The number of aliphatic carboxylic acids is 1. The summed E-state index contributed by atoms with van der Waals surface area (Å²) in [5, 5.41) is 8.39. The summed E-state index contributed by atoms with van der Waals surface area (Å²) < 4.78 is 0. The standard InChI is InChI=1S/C10H17N3O7/c11-5(1-3-7(13)14)9(17)19-20-10(18)6(12)2-4-8(15)16/h5-6H,1-4,11-12H2,(H2,13,14)(H,15,16). The third-order valence-corrected chi connectivity index (χ3v) is 2.18. The van der Waals surface area contributed by atoms with E-state index < -0.39 is 35.9 Å². The Morgan fingerprint density at radius 3 is 1.65 bits per heavy atom. The molecule has 0 aliphatic carbocycles. The molecule has 0 radical (unpaired) electrons. The number of hydrogen-bond acceptors (Lipinski definition) is 8. The Kier molecular flexibility index (Phi) is 7.85. The number of carbonyl (C=O) groups is 4. The molecular formula is C10H17N3O7. The molecule has 20 heavy (non-hydrogen) atoms. The average Bonchev–Trinajstić information content (AvgIpc) is 2.38. The van der Waals surface area contributed by atoms with E-state index >= 15 is 0 Å². The monoisotopic (exact) mass is 291 g/mol. The molecule has 0 spiro atoms. The Balaban J connectivity index is 4.01. The maximum Gasteiger partial charge on any atom is 0.372 e. The molecule has 0 fully saturated rings. The van der Waals surface area contributed by atoms with Gasteiger partial charge in [0.05, 0.1) is 0 Å². The minimum atomic E-state index is -1.24. The first kappa shape index (κ1) is 17.8. The molecule has 7 N–H and O–H groups in total. The van der Waals surface area contributed by atoms with Crippen LogP contribution in [0.5, 0.6) is 0 Å². The largest absolute Gasteiger partial charge is 0.481 e. The maximum absolute atomic E-state index is 11.2. The summed E-state index contributed by atoms with van der Waals surface area (Å²) in [7, 11) is 0.